The Hall–Kier alpha value is -3.04. The number of hydrogen-bond acceptors (Lipinski definition) is 7. The molecule has 8 nitrogen and oxygen atoms in total. The number of nitrogens with zero attached hydrogens (tertiary/aromatic N) is 1. The van der Waals surface area contributed by atoms with Gasteiger partial charge >= 0.3 is 0 Å². The van der Waals surface area contributed by atoms with Gasteiger partial charge in [-0.2, -0.15) is 11.8 Å². The minimum Gasteiger partial charge on any atom is -0.497 e. The fraction of sp³-hybridized carbons (Fsp3) is 0.375. The van der Waals surface area contributed by atoms with Crippen molar-refractivity contribution in [3.63, 3.8) is 0 Å². The summed E-state index contributed by atoms with van der Waals surface area (Å²) >= 11 is 1.66. The summed E-state index contributed by atoms with van der Waals surface area (Å²) in [6.07, 6.45) is 2.65. The quantitative estimate of drug-likeness (QED) is 0.630. The topological polar surface area (TPSA) is 97.0 Å². The minimum absolute atomic E-state index is 0.300. The number of benzene rings is 2. The Labute approximate surface area is 196 Å². The van der Waals surface area contributed by atoms with Crippen LogP contribution in [0.2, 0.25) is 0 Å². The molecule has 2 aromatic rings. The van der Waals surface area contributed by atoms with Gasteiger partial charge in [0.2, 0.25) is 17.7 Å². The Morgan fingerprint density at radius 3 is 2.58 bits per heavy atom. The molecule has 9 heteroatoms. The minimum atomic E-state index is -1.29. The lowest BCUT2D eigenvalue weighted by atomic mass is 9.76. The predicted octanol–water partition coefficient (Wildman–Crippen LogP) is 2.38. The highest BCUT2D eigenvalue weighted by molar-refractivity contribution is 7.98. The van der Waals surface area contributed by atoms with Crippen LogP contribution in [0.3, 0.4) is 0 Å². The van der Waals surface area contributed by atoms with Crippen LogP contribution in [0.4, 0.5) is 11.4 Å². The number of nitrogens with one attached hydrogen (secondary N) is 2. The van der Waals surface area contributed by atoms with E-state index < -0.39 is 23.3 Å². The molecule has 2 N–H and O–H groups in total. The van der Waals surface area contributed by atoms with Gasteiger partial charge in [-0.1, -0.05) is 18.2 Å². The van der Waals surface area contributed by atoms with Crippen molar-refractivity contribution in [1.29, 1.82) is 0 Å². The van der Waals surface area contributed by atoms with Crippen molar-refractivity contribution in [2.45, 2.75) is 18.0 Å². The summed E-state index contributed by atoms with van der Waals surface area (Å²) in [5.41, 5.74) is 0.402. The molecule has 3 heterocycles. The zero-order chi connectivity index (χ0) is 23.3. The molecule has 0 bridgehead atoms. The average molecular weight is 468 g/mol. The molecule has 2 aromatic carbocycles. The number of carbonyl (C=O) groups excluding carboxylic acids is 3. The first-order chi connectivity index (χ1) is 16.0. The number of hydrogen-bond donors (Lipinski definition) is 2. The molecule has 0 aromatic heterocycles. The van der Waals surface area contributed by atoms with Crippen LogP contribution in [0, 0.1) is 11.8 Å². The summed E-state index contributed by atoms with van der Waals surface area (Å²) in [5.74, 6) is -0.897. The summed E-state index contributed by atoms with van der Waals surface area (Å²) < 4.78 is 10.8. The lowest BCUT2D eigenvalue weighted by molar-refractivity contribution is -0.130. The second-order valence-corrected chi connectivity index (χ2v) is 9.38. The number of anilines is 2. The second-order valence-electron chi connectivity index (χ2n) is 8.39. The molecule has 3 aliphatic heterocycles. The van der Waals surface area contributed by atoms with Gasteiger partial charge in [-0.3, -0.25) is 19.7 Å². The lowest BCUT2D eigenvalue weighted by Gasteiger charge is -2.29. The van der Waals surface area contributed by atoms with Crippen molar-refractivity contribution < 1.29 is 23.9 Å². The van der Waals surface area contributed by atoms with E-state index in [0.29, 0.717) is 34.9 Å². The van der Waals surface area contributed by atoms with E-state index in [2.05, 4.69) is 10.6 Å². The molecule has 4 atom stereocenters. The molecule has 1 spiro atoms. The van der Waals surface area contributed by atoms with Crippen LogP contribution < -0.4 is 25.0 Å². The average Bonchev–Trinajstić information content (AvgIpc) is 3.41. The van der Waals surface area contributed by atoms with Crippen LogP contribution >= 0.6 is 11.8 Å². The van der Waals surface area contributed by atoms with E-state index in [4.69, 9.17) is 9.47 Å². The van der Waals surface area contributed by atoms with Crippen LogP contribution in [-0.4, -0.2) is 50.0 Å². The Bertz CT molecular complexity index is 1150. The largest absolute Gasteiger partial charge is 0.497 e. The summed E-state index contributed by atoms with van der Waals surface area (Å²) in [6.45, 7) is 0. The van der Waals surface area contributed by atoms with Gasteiger partial charge in [0, 0.05) is 23.4 Å². The van der Waals surface area contributed by atoms with Crippen LogP contribution in [0.1, 0.15) is 12.0 Å². The van der Waals surface area contributed by atoms with Crippen LogP contribution in [-0.2, 0) is 19.9 Å². The number of ether oxygens (including phenoxy) is 2. The van der Waals surface area contributed by atoms with Crippen molar-refractivity contribution in [1.82, 2.24) is 5.32 Å². The number of thioether (sulfide) groups is 1. The highest BCUT2D eigenvalue weighted by Crippen LogP contribution is 2.54. The number of imide groups is 1. The SMILES string of the molecule is COc1ccc(OC)c(N2C(=O)C3C(CCSC)NC4(C(=O)Nc5ccccc54)C3C2=O)c1. The van der Waals surface area contributed by atoms with E-state index in [1.54, 1.807) is 30.0 Å². The first-order valence-electron chi connectivity index (χ1n) is 10.7. The molecular weight excluding hydrogens is 442 g/mol. The fourth-order valence-electron chi connectivity index (χ4n) is 5.46. The van der Waals surface area contributed by atoms with Gasteiger partial charge in [0.1, 0.15) is 17.0 Å². The number of carbonyl (C=O) groups is 3. The molecule has 0 aliphatic carbocycles. The molecule has 4 unspecified atom stereocenters. The van der Waals surface area contributed by atoms with Crippen molar-refractivity contribution in [2.75, 3.05) is 36.4 Å². The van der Waals surface area contributed by atoms with E-state index in [-0.39, 0.29) is 17.9 Å². The number of fused-ring (bicyclic) bond motifs is 4. The Balaban J connectivity index is 1.66. The van der Waals surface area contributed by atoms with E-state index >= 15 is 0 Å². The molecule has 33 heavy (non-hydrogen) atoms. The molecule has 172 valence electrons. The van der Waals surface area contributed by atoms with Gasteiger partial charge in [-0.25, -0.2) is 4.90 Å². The predicted molar refractivity (Wildman–Crippen MR) is 126 cm³/mol. The fourth-order valence-corrected chi connectivity index (χ4v) is 5.95. The maximum Gasteiger partial charge on any atom is 0.250 e. The first-order valence-corrected chi connectivity index (χ1v) is 12.1. The summed E-state index contributed by atoms with van der Waals surface area (Å²) in [5, 5.41) is 6.36. The van der Waals surface area contributed by atoms with Crippen LogP contribution in [0.25, 0.3) is 0 Å². The highest BCUT2D eigenvalue weighted by atomic mass is 32.2. The van der Waals surface area contributed by atoms with Gasteiger partial charge < -0.3 is 14.8 Å². The van der Waals surface area contributed by atoms with Crippen molar-refractivity contribution in [3.8, 4) is 11.5 Å². The van der Waals surface area contributed by atoms with Crippen molar-refractivity contribution in [2.24, 2.45) is 11.8 Å². The second kappa shape index (κ2) is 8.07. The van der Waals surface area contributed by atoms with Crippen molar-refractivity contribution >= 4 is 40.9 Å². The lowest BCUT2D eigenvalue weighted by Crippen LogP contribution is -2.53. The summed E-state index contributed by atoms with van der Waals surface area (Å²) in [7, 11) is 3.01. The zero-order valence-electron chi connectivity index (χ0n) is 18.6. The highest BCUT2D eigenvalue weighted by Gasteiger charge is 2.70. The van der Waals surface area contributed by atoms with Gasteiger partial charge in [0.15, 0.2) is 0 Å². The third-order valence-corrected chi connectivity index (χ3v) is 7.53. The monoisotopic (exact) mass is 467 g/mol. The molecule has 3 amide bonds. The third-order valence-electron chi connectivity index (χ3n) is 6.88. The number of amides is 3. The summed E-state index contributed by atoms with van der Waals surface area (Å²) in [6, 6.07) is 12.0. The standard InChI is InChI=1S/C24H25N3O5S/c1-31-13-8-9-18(32-2)17(12-13)27-21(28)19-16(10-11-33-3)26-24(20(19)22(27)29)14-6-4-5-7-15(14)25-23(24)30/h4-9,12,16,19-20,26H,10-11H2,1-3H3,(H,25,30). The van der Waals surface area contributed by atoms with E-state index in [1.807, 2.05) is 30.5 Å². The Morgan fingerprint density at radius 1 is 1.06 bits per heavy atom. The molecule has 0 radical (unpaired) electrons. The zero-order valence-corrected chi connectivity index (χ0v) is 19.4. The Kier molecular flexibility index (Phi) is 5.33. The van der Waals surface area contributed by atoms with Crippen LogP contribution in [0.15, 0.2) is 42.5 Å². The smallest absolute Gasteiger partial charge is 0.250 e. The first kappa shape index (κ1) is 21.8. The molecule has 2 fully saturated rings. The third kappa shape index (κ3) is 2.99. The van der Waals surface area contributed by atoms with Gasteiger partial charge in [-0.05, 0) is 36.6 Å². The molecule has 0 saturated carbocycles. The summed E-state index contributed by atoms with van der Waals surface area (Å²) in [4.78, 5) is 42.4. The normalized spacial score (nSPS) is 27.7. The number of para-hydroxylation sites is 1. The van der Waals surface area contributed by atoms with E-state index in [9.17, 15) is 14.4 Å². The Morgan fingerprint density at radius 2 is 1.85 bits per heavy atom. The maximum atomic E-state index is 14.0. The van der Waals surface area contributed by atoms with Gasteiger partial charge in [0.05, 0.1) is 31.7 Å². The van der Waals surface area contributed by atoms with Gasteiger partial charge in [-0.15, -0.1) is 0 Å². The van der Waals surface area contributed by atoms with Gasteiger partial charge in [0.25, 0.3) is 0 Å². The number of methoxy groups -OCH3 is 2. The molecule has 3 aliphatic rings. The number of rotatable bonds is 6. The molecule has 2 saturated heterocycles. The maximum absolute atomic E-state index is 14.0. The van der Waals surface area contributed by atoms with E-state index in [1.165, 1.54) is 19.1 Å². The van der Waals surface area contributed by atoms with E-state index in [0.717, 1.165) is 5.75 Å². The molecule has 5 rings (SSSR count). The van der Waals surface area contributed by atoms with Crippen molar-refractivity contribution in [3.05, 3.63) is 48.0 Å². The molecular formula is C24H25N3O5S. The van der Waals surface area contributed by atoms with Crippen LogP contribution in [0.5, 0.6) is 11.5 Å².